The van der Waals surface area contributed by atoms with E-state index in [2.05, 4.69) is 5.32 Å². The number of methoxy groups -OCH3 is 2. The molecule has 0 radical (unpaired) electrons. The van der Waals surface area contributed by atoms with Crippen LogP contribution in [0, 0.1) is 6.92 Å². The van der Waals surface area contributed by atoms with Gasteiger partial charge < -0.3 is 14.8 Å². The fourth-order valence-corrected chi connectivity index (χ4v) is 1.56. The fraction of sp³-hybridized carbons (Fsp3) is 0.462. The van der Waals surface area contributed by atoms with Gasteiger partial charge in [-0.2, -0.15) is 0 Å². The first kappa shape index (κ1) is 13.4. The molecule has 0 aliphatic carbocycles. The van der Waals surface area contributed by atoms with Gasteiger partial charge in [0.1, 0.15) is 17.3 Å². The number of aryl methyl sites for hydroxylation is 1. The summed E-state index contributed by atoms with van der Waals surface area (Å²) >= 11 is 0. The molecule has 1 aromatic carbocycles. The molecule has 0 fully saturated rings. The minimum Gasteiger partial charge on any atom is -0.496 e. The summed E-state index contributed by atoms with van der Waals surface area (Å²) in [4.78, 5) is 10.9. The summed E-state index contributed by atoms with van der Waals surface area (Å²) < 4.78 is 10.5. The number of benzene rings is 1. The Kier molecular flexibility index (Phi) is 4.82. The van der Waals surface area contributed by atoms with Gasteiger partial charge >= 0.3 is 0 Å². The van der Waals surface area contributed by atoms with Crippen molar-refractivity contribution in [1.82, 2.24) is 0 Å². The lowest BCUT2D eigenvalue weighted by atomic mass is 10.1. The number of carbonyl (C=O) groups excluding carboxylic acids is 1. The highest BCUT2D eigenvalue weighted by Crippen LogP contribution is 2.32. The number of anilines is 1. The van der Waals surface area contributed by atoms with Gasteiger partial charge in [-0.25, -0.2) is 0 Å². The molecule has 0 saturated heterocycles. The van der Waals surface area contributed by atoms with E-state index in [1.165, 1.54) is 0 Å². The standard InChI is InChI=1S/C13H19NO3/c1-9-7-13(17-4)11(8-12(9)16-3)14-6-5-10(2)15/h7-8,14H,5-6H2,1-4H3. The summed E-state index contributed by atoms with van der Waals surface area (Å²) in [5.74, 6) is 1.72. The third-order valence-electron chi connectivity index (χ3n) is 2.51. The molecular formula is C13H19NO3. The molecule has 17 heavy (non-hydrogen) atoms. The van der Waals surface area contributed by atoms with Gasteiger partial charge in [-0.3, -0.25) is 4.79 Å². The van der Waals surface area contributed by atoms with Crippen molar-refractivity contribution >= 4 is 11.5 Å². The maximum absolute atomic E-state index is 10.9. The van der Waals surface area contributed by atoms with Crippen molar-refractivity contribution in [1.29, 1.82) is 0 Å². The molecule has 4 heteroatoms. The van der Waals surface area contributed by atoms with Gasteiger partial charge in [-0.05, 0) is 25.5 Å². The zero-order chi connectivity index (χ0) is 12.8. The zero-order valence-electron chi connectivity index (χ0n) is 10.8. The minimum absolute atomic E-state index is 0.163. The Labute approximate surface area is 102 Å². The quantitative estimate of drug-likeness (QED) is 0.825. The molecule has 1 aromatic rings. The minimum atomic E-state index is 0.163. The summed E-state index contributed by atoms with van der Waals surface area (Å²) in [6.07, 6.45) is 0.499. The number of carbonyl (C=O) groups is 1. The lowest BCUT2D eigenvalue weighted by molar-refractivity contribution is -0.116. The van der Waals surface area contributed by atoms with E-state index in [0.717, 1.165) is 22.7 Å². The van der Waals surface area contributed by atoms with Gasteiger partial charge in [0, 0.05) is 19.0 Å². The summed E-state index contributed by atoms with van der Waals surface area (Å²) in [6, 6.07) is 3.79. The van der Waals surface area contributed by atoms with E-state index >= 15 is 0 Å². The Morgan fingerprint density at radius 3 is 2.41 bits per heavy atom. The van der Waals surface area contributed by atoms with Crippen molar-refractivity contribution in [2.45, 2.75) is 20.3 Å². The average Bonchev–Trinajstić information content (AvgIpc) is 2.30. The maximum atomic E-state index is 10.9. The third kappa shape index (κ3) is 3.66. The second-order valence-corrected chi connectivity index (χ2v) is 3.90. The number of rotatable bonds is 6. The molecule has 0 bridgehead atoms. The Hall–Kier alpha value is -1.71. The first-order chi connectivity index (χ1) is 8.08. The van der Waals surface area contributed by atoms with Crippen LogP contribution in [-0.2, 0) is 4.79 Å². The number of ether oxygens (including phenoxy) is 2. The van der Waals surface area contributed by atoms with Crippen molar-refractivity contribution in [3.63, 3.8) is 0 Å². The van der Waals surface area contributed by atoms with E-state index in [1.54, 1.807) is 21.1 Å². The molecule has 0 aliphatic rings. The van der Waals surface area contributed by atoms with Crippen LogP contribution in [0.2, 0.25) is 0 Å². The SMILES string of the molecule is COc1cc(NCCC(C)=O)c(OC)cc1C. The largest absolute Gasteiger partial charge is 0.496 e. The van der Waals surface area contributed by atoms with Crippen LogP contribution in [0.25, 0.3) is 0 Å². The molecule has 1 N–H and O–H groups in total. The topological polar surface area (TPSA) is 47.6 Å². The summed E-state index contributed by atoms with van der Waals surface area (Å²) in [5, 5.41) is 3.17. The molecule has 1 rings (SSSR count). The van der Waals surface area contributed by atoms with Gasteiger partial charge in [0.15, 0.2) is 0 Å². The van der Waals surface area contributed by atoms with Gasteiger partial charge in [0.25, 0.3) is 0 Å². The molecule has 0 heterocycles. The van der Waals surface area contributed by atoms with Crippen LogP contribution in [0.5, 0.6) is 11.5 Å². The van der Waals surface area contributed by atoms with Crippen molar-refractivity contribution in [2.24, 2.45) is 0 Å². The number of hydrogen-bond acceptors (Lipinski definition) is 4. The zero-order valence-corrected chi connectivity index (χ0v) is 10.8. The Morgan fingerprint density at radius 1 is 1.24 bits per heavy atom. The van der Waals surface area contributed by atoms with Gasteiger partial charge in [-0.1, -0.05) is 0 Å². The van der Waals surface area contributed by atoms with E-state index in [9.17, 15) is 4.79 Å². The normalized spacial score (nSPS) is 9.88. The van der Waals surface area contributed by atoms with Gasteiger partial charge in [-0.15, -0.1) is 0 Å². The number of Topliss-reactive ketones (excluding diaryl/α,β-unsaturated/α-hetero) is 1. The summed E-state index contributed by atoms with van der Waals surface area (Å²) in [5.41, 5.74) is 1.86. The summed E-state index contributed by atoms with van der Waals surface area (Å²) in [7, 11) is 3.26. The van der Waals surface area contributed by atoms with E-state index in [0.29, 0.717) is 13.0 Å². The lowest BCUT2D eigenvalue weighted by Crippen LogP contribution is -2.07. The number of ketones is 1. The van der Waals surface area contributed by atoms with Gasteiger partial charge in [0.2, 0.25) is 0 Å². The van der Waals surface area contributed by atoms with E-state index < -0.39 is 0 Å². The molecule has 0 aromatic heterocycles. The monoisotopic (exact) mass is 237 g/mol. The Bertz CT molecular complexity index is 402. The van der Waals surface area contributed by atoms with E-state index in [1.807, 2.05) is 19.1 Å². The van der Waals surface area contributed by atoms with Crippen LogP contribution in [0.15, 0.2) is 12.1 Å². The van der Waals surface area contributed by atoms with Crippen molar-refractivity contribution in [3.05, 3.63) is 17.7 Å². The number of hydrogen-bond donors (Lipinski definition) is 1. The fourth-order valence-electron chi connectivity index (χ4n) is 1.56. The number of nitrogens with one attached hydrogen (secondary N) is 1. The predicted molar refractivity (Wildman–Crippen MR) is 68.1 cm³/mol. The van der Waals surface area contributed by atoms with Crippen molar-refractivity contribution in [3.8, 4) is 11.5 Å². The first-order valence-electron chi connectivity index (χ1n) is 5.54. The summed E-state index contributed by atoms with van der Waals surface area (Å²) in [6.45, 7) is 4.13. The highest BCUT2D eigenvalue weighted by atomic mass is 16.5. The highest BCUT2D eigenvalue weighted by molar-refractivity contribution is 5.76. The van der Waals surface area contributed by atoms with Gasteiger partial charge in [0.05, 0.1) is 19.9 Å². The molecule has 0 amide bonds. The molecule has 4 nitrogen and oxygen atoms in total. The van der Waals surface area contributed by atoms with E-state index in [-0.39, 0.29) is 5.78 Å². The molecule has 0 spiro atoms. The van der Waals surface area contributed by atoms with Crippen LogP contribution in [0.4, 0.5) is 5.69 Å². The predicted octanol–water partition coefficient (Wildman–Crippen LogP) is 2.40. The molecule has 0 saturated carbocycles. The first-order valence-corrected chi connectivity index (χ1v) is 5.54. The van der Waals surface area contributed by atoms with Crippen LogP contribution >= 0.6 is 0 Å². The smallest absolute Gasteiger partial charge is 0.142 e. The Balaban J connectivity index is 2.84. The molecule has 0 atom stereocenters. The lowest BCUT2D eigenvalue weighted by Gasteiger charge is -2.14. The van der Waals surface area contributed by atoms with Crippen LogP contribution < -0.4 is 14.8 Å². The third-order valence-corrected chi connectivity index (χ3v) is 2.51. The molecule has 0 aliphatic heterocycles. The van der Waals surface area contributed by atoms with Crippen LogP contribution in [0.1, 0.15) is 18.9 Å². The highest BCUT2D eigenvalue weighted by Gasteiger charge is 2.08. The molecular weight excluding hydrogens is 218 g/mol. The molecule has 94 valence electrons. The van der Waals surface area contributed by atoms with Crippen LogP contribution in [-0.4, -0.2) is 26.5 Å². The maximum Gasteiger partial charge on any atom is 0.142 e. The second kappa shape index (κ2) is 6.13. The van der Waals surface area contributed by atoms with Crippen LogP contribution in [0.3, 0.4) is 0 Å². The Morgan fingerprint density at radius 2 is 1.88 bits per heavy atom. The second-order valence-electron chi connectivity index (χ2n) is 3.90. The van der Waals surface area contributed by atoms with Crippen molar-refractivity contribution < 1.29 is 14.3 Å². The molecule has 0 unspecified atom stereocenters. The average molecular weight is 237 g/mol. The van der Waals surface area contributed by atoms with E-state index in [4.69, 9.17) is 9.47 Å². The van der Waals surface area contributed by atoms with Crippen molar-refractivity contribution in [2.75, 3.05) is 26.1 Å².